The number of piperazine rings is 1. The van der Waals surface area contributed by atoms with E-state index in [0.717, 1.165) is 57.4 Å². The van der Waals surface area contributed by atoms with Crippen LogP contribution in [0.1, 0.15) is 44.2 Å². The van der Waals surface area contributed by atoms with Crippen LogP contribution in [0.15, 0.2) is 18.2 Å². The zero-order valence-electron chi connectivity index (χ0n) is 13.1. The second kappa shape index (κ2) is 8.19. The van der Waals surface area contributed by atoms with Crippen LogP contribution in [-0.2, 0) is 0 Å². The molecule has 0 spiro atoms. The summed E-state index contributed by atoms with van der Waals surface area (Å²) in [5.74, 6) is -0.763. The first-order valence-corrected chi connectivity index (χ1v) is 8.02. The van der Waals surface area contributed by atoms with E-state index in [9.17, 15) is 14.5 Å². The second-order valence-electron chi connectivity index (χ2n) is 5.77. The fraction of sp³-hybridized carbons (Fsp3) is 0.625. The quantitative estimate of drug-likeness (QED) is 0.477. The van der Waals surface area contributed by atoms with Gasteiger partial charge in [0, 0.05) is 38.3 Å². The van der Waals surface area contributed by atoms with E-state index in [1.54, 1.807) is 6.07 Å². The largest absolute Gasteiger partial charge is 0.314 e. The van der Waals surface area contributed by atoms with Crippen LogP contribution in [0.2, 0.25) is 0 Å². The Balaban J connectivity index is 2.22. The summed E-state index contributed by atoms with van der Waals surface area (Å²) in [6.07, 6.45) is 4.32. The molecule has 1 aromatic carbocycles. The summed E-state index contributed by atoms with van der Waals surface area (Å²) in [4.78, 5) is 12.7. The van der Waals surface area contributed by atoms with Crippen LogP contribution in [0.5, 0.6) is 0 Å². The van der Waals surface area contributed by atoms with Gasteiger partial charge in [-0.3, -0.25) is 15.0 Å². The van der Waals surface area contributed by atoms with Crippen LogP contribution in [-0.4, -0.2) is 36.0 Å². The third-order valence-corrected chi connectivity index (χ3v) is 4.23. The average Bonchev–Trinajstić information content (AvgIpc) is 2.53. The molecule has 1 saturated heterocycles. The molecule has 0 aliphatic carbocycles. The van der Waals surface area contributed by atoms with E-state index >= 15 is 0 Å². The summed E-state index contributed by atoms with van der Waals surface area (Å²) in [6.45, 7) is 5.84. The minimum atomic E-state index is -0.763. The average molecular weight is 309 g/mol. The molecule has 1 heterocycles. The molecule has 6 heteroatoms. The molecule has 0 unspecified atom stereocenters. The first-order valence-electron chi connectivity index (χ1n) is 8.02. The van der Waals surface area contributed by atoms with Crippen LogP contribution in [0, 0.1) is 15.9 Å². The van der Waals surface area contributed by atoms with Gasteiger partial charge in [0.05, 0.1) is 4.92 Å². The van der Waals surface area contributed by atoms with Gasteiger partial charge in [0.15, 0.2) is 0 Å². The van der Waals surface area contributed by atoms with Gasteiger partial charge < -0.3 is 5.32 Å². The Hall–Kier alpha value is -1.53. The molecule has 1 fully saturated rings. The zero-order valence-corrected chi connectivity index (χ0v) is 13.1. The Morgan fingerprint density at radius 2 is 2.09 bits per heavy atom. The van der Waals surface area contributed by atoms with E-state index in [1.165, 1.54) is 12.1 Å². The lowest BCUT2D eigenvalue weighted by Crippen LogP contribution is -2.45. The number of benzene rings is 1. The number of hydrogen-bond acceptors (Lipinski definition) is 4. The molecule has 1 aliphatic rings. The molecule has 1 atom stereocenters. The van der Waals surface area contributed by atoms with Gasteiger partial charge in [0.1, 0.15) is 0 Å². The molecule has 1 aliphatic heterocycles. The Kier molecular flexibility index (Phi) is 6.27. The summed E-state index contributed by atoms with van der Waals surface area (Å²) in [6, 6.07) is 4.46. The molecular formula is C16H24FN3O2. The topological polar surface area (TPSA) is 58.4 Å². The predicted molar refractivity (Wildman–Crippen MR) is 84.4 cm³/mol. The SMILES string of the molecule is CCCCC[C@@H](c1ccc(F)c([N+](=O)[O-])c1)N1CCNCC1. The normalized spacial score (nSPS) is 17.4. The van der Waals surface area contributed by atoms with Crippen molar-refractivity contribution in [1.82, 2.24) is 10.2 Å². The number of nitro groups is 1. The Labute approximate surface area is 130 Å². The Morgan fingerprint density at radius 1 is 1.36 bits per heavy atom. The van der Waals surface area contributed by atoms with Crippen molar-refractivity contribution in [3.8, 4) is 0 Å². The van der Waals surface area contributed by atoms with E-state index in [1.807, 2.05) is 0 Å². The molecule has 2 rings (SSSR count). The van der Waals surface area contributed by atoms with E-state index in [4.69, 9.17) is 0 Å². The maximum atomic E-state index is 13.6. The molecule has 0 amide bonds. The van der Waals surface area contributed by atoms with Crippen LogP contribution in [0.4, 0.5) is 10.1 Å². The van der Waals surface area contributed by atoms with Gasteiger partial charge in [-0.05, 0) is 18.1 Å². The number of hydrogen-bond donors (Lipinski definition) is 1. The standard InChI is InChI=1S/C16H24FN3O2/c1-2-3-4-5-15(19-10-8-18-9-11-19)13-6-7-14(17)16(12-13)20(21)22/h6-7,12,15,18H,2-5,8-11H2,1H3/t15-/m0/s1. The third-order valence-electron chi connectivity index (χ3n) is 4.23. The van der Waals surface area contributed by atoms with Gasteiger partial charge in [0.2, 0.25) is 5.82 Å². The van der Waals surface area contributed by atoms with Crippen molar-refractivity contribution < 1.29 is 9.31 Å². The lowest BCUT2D eigenvalue weighted by molar-refractivity contribution is -0.387. The highest BCUT2D eigenvalue weighted by atomic mass is 19.1. The summed E-state index contributed by atoms with van der Waals surface area (Å²) in [5, 5.41) is 14.3. The molecule has 22 heavy (non-hydrogen) atoms. The maximum Gasteiger partial charge on any atom is 0.305 e. The second-order valence-corrected chi connectivity index (χ2v) is 5.77. The molecular weight excluding hydrogens is 285 g/mol. The van der Waals surface area contributed by atoms with Crippen molar-refractivity contribution in [3.05, 3.63) is 39.7 Å². The number of nitrogens with zero attached hydrogens (tertiary/aromatic N) is 2. The van der Waals surface area contributed by atoms with Gasteiger partial charge in [0.25, 0.3) is 0 Å². The highest BCUT2D eigenvalue weighted by Crippen LogP contribution is 2.30. The van der Waals surface area contributed by atoms with Gasteiger partial charge in [-0.2, -0.15) is 4.39 Å². The van der Waals surface area contributed by atoms with Crippen LogP contribution in [0.25, 0.3) is 0 Å². The van der Waals surface area contributed by atoms with Crippen LogP contribution in [0.3, 0.4) is 0 Å². The van der Waals surface area contributed by atoms with Gasteiger partial charge >= 0.3 is 5.69 Å². The first-order chi connectivity index (χ1) is 10.6. The maximum absolute atomic E-state index is 13.6. The highest BCUT2D eigenvalue weighted by molar-refractivity contribution is 5.37. The van der Waals surface area contributed by atoms with Crippen molar-refractivity contribution in [2.45, 2.75) is 38.6 Å². The molecule has 1 aromatic rings. The van der Waals surface area contributed by atoms with Crippen molar-refractivity contribution in [1.29, 1.82) is 0 Å². The minimum Gasteiger partial charge on any atom is -0.314 e. The van der Waals surface area contributed by atoms with Crippen molar-refractivity contribution >= 4 is 5.69 Å². The summed E-state index contributed by atoms with van der Waals surface area (Å²) >= 11 is 0. The highest BCUT2D eigenvalue weighted by Gasteiger charge is 2.24. The molecule has 0 bridgehead atoms. The van der Waals surface area contributed by atoms with E-state index < -0.39 is 16.4 Å². The van der Waals surface area contributed by atoms with Crippen molar-refractivity contribution in [3.63, 3.8) is 0 Å². The summed E-state index contributed by atoms with van der Waals surface area (Å²) in [7, 11) is 0. The third kappa shape index (κ3) is 4.24. The van der Waals surface area contributed by atoms with Gasteiger partial charge in [-0.25, -0.2) is 0 Å². The number of halogens is 1. The minimum absolute atomic E-state index is 0.132. The number of unbranched alkanes of at least 4 members (excludes halogenated alkanes) is 2. The van der Waals surface area contributed by atoms with Crippen molar-refractivity contribution in [2.75, 3.05) is 26.2 Å². The fourth-order valence-electron chi connectivity index (χ4n) is 3.02. The number of nitro benzene ring substituents is 1. The molecule has 0 aromatic heterocycles. The van der Waals surface area contributed by atoms with E-state index in [0.29, 0.717) is 0 Å². The first kappa shape index (κ1) is 16.8. The van der Waals surface area contributed by atoms with Crippen LogP contribution < -0.4 is 5.32 Å². The lowest BCUT2D eigenvalue weighted by atomic mass is 9.97. The van der Waals surface area contributed by atoms with Gasteiger partial charge in [-0.1, -0.05) is 32.3 Å². The van der Waals surface area contributed by atoms with Gasteiger partial charge in [-0.15, -0.1) is 0 Å². The smallest absolute Gasteiger partial charge is 0.305 e. The van der Waals surface area contributed by atoms with E-state index in [2.05, 4.69) is 17.1 Å². The molecule has 122 valence electrons. The molecule has 0 saturated carbocycles. The summed E-state index contributed by atoms with van der Waals surface area (Å²) in [5.41, 5.74) is 0.430. The summed E-state index contributed by atoms with van der Waals surface area (Å²) < 4.78 is 13.6. The predicted octanol–water partition coefficient (Wildman–Crippen LogP) is 3.26. The Bertz CT molecular complexity index is 504. The van der Waals surface area contributed by atoms with Crippen LogP contribution >= 0.6 is 0 Å². The molecule has 5 nitrogen and oxygen atoms in total. The molecule has 0 radical (unpaired) electrons. The Morgan fingerprint density at radius 3 is 2.73 bits per heavy atom. The monoisotopic (exact) mass is 309 g/mol. The lowest BCUT2D eigenvalue weighted by Gasteiger charge is -2.35. The number of nitrogens with one attached hydrogen (secondary N) is 1. The van der Waals surface area contributed by atoms with E-state index in [-0.39, 0.29) is 6.04 Å². The number of rotatable bonds is 7. The zero-order chi connectivity index (χ0) is 15.9. The van der Waals surface area contributed by atoms with Crippen molar-refractivity contribution in [2.24, 2.45) is 0 Å². The molecule has 1 N–H and O–H groups in total. The fourth-order valence-corrected chi connectivity index (χ4v) is 3.02.